The normalized spacial score (nSPS) is 17.4. The van der Waals surface area contributed by atoms with E-state index in [0.29, 0.717) is 17.3 Å². The number of rotatable bonds is 5. The molecule has 0 aliphatic carbocycles. The van der Waals surface area contributed by atoms with E-state index in [0.717, 1.165) is 32.9 Å². The summed E-state index contributed by atoms with van der Waals surface area (Å²) >= 11 is 7.56. The summed E-state index contributed by atoms with van der Waals surface area (Å²) in [7, 11) is 0. The van der Waals surface area contributed by atoms with Crippen LogP contribution in [-0.4, -0.2) is 27.1 Å². The van der Waals surface area contributed by atoms with Crippen LogP contribution in [0.1, 0.15) is 34.1 Å². The number of benzene rings is 2. The summed E-state index contributed by atoms with van der Waals surface area (Å²) < 4.78 is 1.67. The molecule has 0 unspecified atom stereocenters. The number of halogens is 1. The SMILES string of the molecule is Cc1ccc(N2C(=O)c3cc(-c4cccs4)nn3C[C@]2(C)C(=O)NCc2ccc(Cl)cc2)c(C)c1. The Morgan fingerprint density at radius 1 is 1.14 bits per heavy atom. The van der Waals surface area contributed by atoms with E-state index in [-0.39, 0.29) is 18.4 Å². The predicted molar refractivity (Wildman–Crippen MR) is 140 cm³/mol. The lowest BCUT2D eigenvalue weighted by Crippen LogP contribution is -2.64. The highest BCUT2D eigenvalue weighted by Gasteiger charge is 2.49. The summed E-state index contributed by atoms with van der Waals surface area (Å²) in [5.74, 6) is -0.498. The first kappa shape index (κ1) is 23.3. The number of hydrogen-bond acceptors (Lipinski definition) is 4. The van der Waals surface area contributed by atoms with Crippen LogP contribution in [0, 0.1) is 13.8 Å². The Morgan fingerprint density at radius 3 is 2.60 bits per heavy atom. The average molecular weight is 505 g/mol. The van der Waals surface area contributed by atoms with Crippen molar-refractivity contribution in [2.45, 2.75) is 39.4 Å². The molecule has 8 heteroatoms. The smallest absolute Gasteiger partial charge is 0.277 e. The number of carbonyl (C=O) groups is 2. The van der Waals surface area contributed by atoms with Gasteiger partial charge in [-0.15, -0.1) is 11.3 Å². The Balaban J connectivity index is 1.55. The van der Waals surface area contributed by atoms with Crippen LogP contribution < -0.4 is 10.2 Å². The van der Waals surface area contributed by atoms with Crippen LogP contribution in [0.15, 0.2) is 66.0 Å². The van der Waals surface area contributed by atoms with E-state index >= 15 is 0 Å². The molecule has 1 atom stereocenters. The first-order chi connectivity index (χ1) is 16.8. The first-order valence-electron chi connectivity index (χ1n) is 11.3. The maximum Gasteiger partial charge on any atom is 0.277 e. The van der Waals surface area contributed by atoms with E-state index in [4.69, 9.17) is 16.7 Å². The summed E-state index contributed by atoms with van der Waals surface area (Å²) in [6.45, 7) is 6.34. The van der Waals surface area contributed by atoms with E-state index in [2.05, 4.69) is 5.32 Å². The van der Waals surface area contributed by atoms with Crippen LogP contribution in [0.3, 0.4) is 0 Å². The van der Waals surface area contributed by atoms with Crippen LogP contribution in [0.4, 0.5) is 5.69 Å². The summed E-state index contributed by atoms with van der Waals surface area (Å²) in [6.07, 6.45) is 0. The third-order valence-corrected chi connectivity index (χ3v) is 7.52. The van der Waals surface area contributed by atoms with Gasteiger partial charge in [0.15, 0.2) is 0 Å². The van der Waals surface area contributed by atoms with Crippen molar-refractivity contribution in [1.29, 1.82) is 0 Å². The molecule has 2 aromatic heterocycles. The molecule has 0 spiro atoms. The fourth-order valence-electron chi connectivity index (χ4n) is 4.54. The van der Waals surface area contributed by atoms with E-state index in [1.807, 2.05) is 67.8 Å². The van der Waals surface area contributed by atoms with Crippen LogP contribution >= 0.6 is 22.9 Å². The maximum atomic E-state index is 13.9. The van der Waals surface area contributed by atoms with Crippen LogP contribution in [-0.2, 0) is 17.9 Å². The standard InChI is InChI=1S/C27H25ClN4O2S/c1-17-6-11-22(18(2)13-17)32-25(33)23-14-21(24-5-4-12-35-24)30-31(23)16-27(32,3)26(34)29-15-19-7-9-20(28)10-8-19/h4-14H,15-16H2,1-3H3,(H,29,34)/t27-/m1/s1. The maximum absolute atomic E-state index is 13.9. The van der Waals surface area contributed by atoms with Crippen molar-refractivity contribution < 1.29 is 9.59 Å². The fraction of sp³-hybridized carbons (Fsp3) is 0.222. The molecule has 2 amide bonds. The number of anilines is 1. The van der Waals surface area contributed by atoms with Gasteiger partial charge in [-0.25, -0.2) is 0 Å². The largest absolute Gasteiger partial charge is 0.350 e. The van der Waals surface area contributed by atoms with Crippen molar-refractivity contribution in [2.75, 3.05) is 4.90 Å². The highest BCUT2D eigenvalue weighted by Crippen LogP contribution is 2.36. The van der Waals surface area contributed by atoms with Gasteiger partial charge in [0.05, 0.1) is 11.4 Å². The molecular weight excluding hydrogens is 480 g/mol. The van der Waals surface area contributed by atoms with Crippen LogP contribution in [0.25, 0.3) is 10.6 Å². The highest BCUT2D eigenvalue weighted by atomic mass is 35.5. The molecule has 1 aliphatic heterocycles. The second kappa shape index (κ2) is 8.98. The van der Waals surface area contributed by atoms with E-state index in [9.17, 15) is 9.59 Å². The summed E-state index contributed by atoms with van der Waals surface area (Å²) in [5.41, 5.74) is 3.68. The molecule has 3 heterocycles. The Hall–Kier alpha value is -3.42. The number of aryl methyl sites for hydroxylation is 2. The van der Waals surface area contributed by atoms with Gasteiger partial charge in [0, 0.05) is 17.3 Å². The fourth-order valence-corrected chi connectivity index (χ4v) is 5.34. The monoisotopic (exact) mass is 504 g/mol. The second-order valence-corrected chi connectivity index (χ2v) is 10.4. The van der Waals surface area contributed by atoms with E-state index in [1.165, 1.54) is 0 Å². The second-order valence-electron chi connectivity index (χ2n) is 9.06. The van der Waals surface area contributed by atoms with Crippen molar-refractivity contribution in [3.8, 4) is 10.6 Å². The molecule has 178 valence electrons. The molecule has 0 radical (unpaired) electrons. The van der Waals surface area contributed by atoms with Crippen molar-refractivity contribution in [2.24, 2.45) is 0 Å². The van der Waals surface area contributed by atoms with Gasteiger partial charge >= 0.3 is 0 Å². The third kappa shape index (κ3) is 4.26. The van der Waals surface area contributed by atoms with Gasteiger partial charge in [-0.1, -0.05) is 47.5 Å². The van der Waals surface area contributed by atoms with Crippen LogP contribution in [0.5, 0.6) is 0 Å². The quantitative estimate of drug-likeness (QED) is 0.383. The highest BCUT2D eigenvalue weighted by molar-refractivity contribution is 7.13. The number of amides is 2. The molecular formula is C27H25ClN4O2S. The molecule has 0 saturated heterocycles. The first-order valence-corrected chi connectivity index (χ1v) is 12.6. The molecule has 6 nitrogen and oxygen atoms in total. The topological polar surface area (TPSA) is 67.2 Å². The summed E-state index contributed by atoms with van der Waals surface area (Å²) in [5, 5.41) is 10.3. The Kier molecular flexibility index (Phi) is 5.99. The van der Waals surface area contributed by atoms with Gasteiger partial charge in [0.1, 0.15) is 16.9 Å². The number of carbonyl (C=O) groups excluding carboxylic acids is 2. The minimum absolute atomic E-state index is 0.235. The van der Waals surface area contributed by atoms with Gasteiger partial charge in [0.25, 0.3) is 5.91 Å². The number of hydrogen-bond donors (Lipinski definition) is 1. The number of nitrogens with one attached hydrogen (secondary N) is 1. The zero-order valence-corrected chi connectivity index (χ0v) is 21.3. The lowest BCUT2D eigenvalue weighted by Gasteiger charge is -2.43. The van der Waals surface area contributed by atoms with Crippen LogP contribution in [0.2, 0.25) is 5.02 Å². The number of aromatic nitrogens is 2. The molecule has 1 aliphatic rings. The lowest BCUT2D eigenvalue weighted by molar-refractivity contribution is -0.126. The zero-order valence-electron chi connectivity index (χ0n) is 19.7. The Bertz CT molecular complexity index is 1410. The predicted octanol–water partition coefficient (Wildman–Crippen LogP) is 5.62. The van der Waals surface area contributed by atoms with E-state index in [1.54, 1.807) is 40.0 Å². The Labute approximate surface area is 213 Å². The van der Waals surface area contributed by atoms with Gasteiger partial charge in [-0.3, -0.25) is 19.2 Å². The molecule has 1 N–H and O–H groups in total. The molecule has 0 saturated carbocycles. The Morgan fingerprint density at radius 2 is 1.91 bits per heavy atom. The number of thiophene rings is 1. The molecule has 0 bridgehead atoms. The van der Waals surface area contributed by atoms with Crippen molar-refractivity contribution in [1.82, 2.24) is 15.1 Å². The summed E-state index contributed by atoms with van der Waals surface area (Å²) in [4.78, 5) is 30.3. The minimum Gasteiger partial charge on any atom is -0.350 e. The van der Waals surface area contributed by atoms with Crippen molar-refractivity contribution >= 4 is 40.4 Å². The minimum atomic E-state index is -1.19. The van der Waals surface area contributed by atoms with Crippen molar-refractivity contribution in [3.63, 3.8) is 0 Å². The average Bonchev–Trinajstić information content (AvgIpc) is 3.50. The summed E-state index contributed by atoms with van der Waals surface area (Å²) in [6, 6.07) is 19.0. The molecule has 5 rings (SSSR count). The third-order valence-electron chi connectivity index (χ3n) is 6.38. The van der Waals surface area contributed by atoms with Gasteiger partial charge in [-0.2, -0.15) is 5.10 Å². The van der Waals surface area contributed by atoms with Crippen molar-refractivity contribution in [3.05, 3.63) is 93.5 Å². The number of fused-ring (bicyclic) bond motifs is 1. The lowest BCUT2D eigenvalue weighted by atomic mass is 9.92. The molecule has 0 fully saturated rings. The molecule has 4 aromatic rings. The zero-order chi connectivity index (χ0) is 24.7. The number of nitrogens with zero attached hydrogens (tertiary/aromatic N) is 3. The van der Waals surface area contributed by atoms with Gasteiger partial charge < -0.3 is 5.32 Å². The van der Waals surface area contributed by atoms with Gasteiger partial charge in [-0.05, 0) is 67.6 Å². The van der Waals surface area contributed by atoms with Gasteiger partial charge in [0.2, 0.25) is 5.91 Å². The molecule has 2 aromatic carbocycles. The van der Waals surface area contributed by atoms with E-state index < -0.39 is 5.54 Å². The molecule has 35 heavy (non-hydrogen) atoms.